The van der Waals surface area contributed by atoms with Gasteiger partial charge in [-0.3, -0.25) is 4.79 Å². The number of hydrogen-bond acceptors (Lipinski definition) is 2. The standard InChI is InChI=1S/C13H19IN2O/c1-3-15-8-5-9-16-13(17)11-7-4-6-10(2)12(11)14/h4,6-7,15H,3,5,8-9H2,1-2H3,(H,16,17). The Labute approximate surface area is 117 Å². The third-order valence-electron chi connectivity index (χ3n) is 2.50. The Morgan fingerprint density at radius 2 is 2.12 bits per heavy atom. The Balaban J connectivity index is 2.44. The lowest BCUT2D eigenvalue weighted by Gasteiger charge is -2.08. The number of hydrogen-bond donors (Lipinski definition) is 2. The molecular weight excluding hydrogens is 327 g/mol. The van der Waals surface area contributed by atoms with Gasteiger partial charge in [0.05, 0.1) is 5.56 Å². The first kappa shape index (κ1) is 14.4. The molecule has 1 aromatic carbocycles. The molecule has 0 aliphatic heterocycles. The molecule has 0 fully saturated rings. The van der Waals surface area contributed by atoms with Crippen molar-refractivity contribution in [3.05, 3.63) is 32.9 Å². The van der Waals surface area contributed by atoms with E-state index in [1.54, 1.807) is 0 Å². The Hall–Kier alpha value is -0.620. The zero-order chi connectivity index (χ0) is 12.7. The average molecular weight is 346 g/mol. The normalized spacial score (nSPS) is 10.3. The van der Waals surface area contributed by atoms with E-state index in [9.17, 15) is 4.79 Å². The van der Waals surface area contributed by atoms with E-state index in [1.807, 2.05) is 25.1 Å². The van der Waals surface area contributed by atoms with Crippen molar-refractivity contribution >= 4 is 28.5 Å². The first-order valence-electron chi connectivity index (χ1n) is 5.90. The quantitative estimate of drug-likeness (QED) is 0.613. The molecule has 4 heteroatoms. The Bertz CT molecular complexity index is 380. The van der Waals surface area contributed by atoms with E-state index < -0.39 is 0 Å². The zero-order valence-corrected chi connectivity index (χ0v) is 12.5. The van der Waals surface area contributed by atoms with Gasteiger partial charge in [-0.2, -0.15) is 0 Å². The predicted octanol–water partition coefficient (Wildman–Crippen LogP) is 2.33. The maximum absolute atomic E-state index is 11.9. The van der Waals surface area contributed by atoms with Crippen molar-refractivity contribution in [2.45, 2.75) is 20.3 Å². The van der Waals surface area contributed by atoms with Crippen LogP contribution in [0.1, 0.15) is 29.3 Å². The van der Waals surface area contributed by atoms with Gasteiger partial charge in [0.2, 0.25) is 0 Å². The molecule has 2 N–H and O–H groups in total. The van der Waals surface area contributed by atoms with Gasteiger partial charge in [0, 0.05) is 10.1 Å². The van der Waals surface area contributed by atoms with E-state index in [0.717, 1.165) is 40.8 Å². The SMILES string of the molecule is CCNCCCNC(=O)c1cccc(C)c1I. The predicted molar refractivity (Wildman–Crippen MR) is 79.4 cm³/mol. The molecule has 0 heterocycles. The van der Waals surface area contributed by atoms with Crippen LogP contribution < -0.4 is 10.6 Å². The second-order valence-electron chi connectivity index (χ2n) is 3.90. The lowest BCUT2D eigenvalue weighted by molar-refractivity contribution is 0.0952. The van der Waals surface area contributed by atoms with Crippen molar-refractivity contribution in [3.63, 3.8) is 0 Å². The zero-order valence-electron chi connectivity index (χ0n) is 10.3. The molecule has 1 aromatic rings. The summed E-state index contributed by atoms with van der Waals surface area (Å²) in [6.07, 6.45) is 0.960. The minimum atomic E-state index is 0.0228. The molecule has 1 rings (SSSR count). The second kappa shape index (κ2) is 7.66. The third-order valence-corrected chi connectivity index (χ3v) is 3.93. The summed E-state index contributed by atoms with van der Waals surface area (Å²) in [5, 5.41) is 6.17. The number of carbonyl (C=O) groups excluding carboxylic acids is 1. The summed E-state index contributed by atoms with van der Waals surface area (Å²) in [5.74, 6) is 0.0228. The highest BCUT2D eigenvalue weighted by Gasteiger charge is 2.09. The molecule has 0 unspecified atom stereocenters. The summed E-state index contributed by atoms with van der Waals surface area (Å²) < 4.78 is 1.04. The highest BCUT2D eigenvalue weighted by atomic mass is 127. The fourth-order valence-electron chi connectivity index (χ4n) is 1.51. The lowest BCUT2D eigenvalue weighted by atomic mass is 10.1. The van der Waals surface area contributed by atoms with E-state index in [0.29, 0.717) is 0 Å². The third kappa shape index (κ3) is 4.63. The maximum Gasteiger partial charge on any atom is 0.252 e. The summed E-state index contributed by atoms with van der Waals surface area (Å²) in [7, 11) is 0. The monoisotopic (exact) mass is 346 g/mol. The number of benzene rings is 1. The number of halogens is 1. The molecule has 17 heavy (non-hydrogen) atoms. The van der Waals surface area contributed by atoms with Crippen LogP contribution in [-0.4, -0.2) is 25.5 Å². The van der Waals surface area contributed by atoms with Crippen molar-refractivity contribution in [1.29, 1.82) is 0 Å². The summed E-state index contributed by atoms with van der Waals surface area (Å²) >= 11 is 2.22. The summed E-state index contributed by atoms with van der Waals surface area (Å²) in [4.78, 5) is 11.9. The van der Waals surface area contributed by atoms with E-state index >= 15 is 0 Å². The maximum atomic E-state index is 11.9. The molecule has 94 valence electrons. The number of rotatable bonds is 6. The largest absolute Gasteiger partial charge is 0.352 e. The molecule has 0 saturated carbocycles. The molecule has 0 spiro atoms. The molecule has 0 aliphatic rings. The Kier molecular flexibility index (Phi) is 6.50. The van der Waals surface area contributed by atoms with Crippen LogP contribution in [0, 0.1) is 10.5 Å². The summed E-state index contributed by atoms with van der Waals surface area (Å²) in [6.45, 7) is 6.73. The average Bonchev–Trinajstić information content (AvgIpc) is 2.32. The Morgan fingerprint density at radius 3 is 2.82 bits per heavy atom. The summed E-state index contributed by atoms with van der Waals surface area (Å²) in [6, 6.07) is 5.81. The first-order chi connectivity index (χ1) is 8.16. The second-order valence-corrected chi connectivity index (χ2v) is 4.98. The topological polar surface area (TPSA) is 41.1 Å². The highest BCUT2D eigenvalue weighted by molar-refractivity contribution is 14.1. The molecular formula is C13H19IN2O. The Morgan fingerprint density at radius 1 is 1.35 bits per heavy atom. The lowest BCUT2D eigenvalue weighted by Crippen LogP contribution is -2.28. The van der Waals surface area contributed by atoms with E-state index in [1.165, 1.54) is 0 Å². The van der Waals surface area contributed by atoms with Crippen molar-refractivity contribution in [3.8, 4) is 0 Å². The fourth-order valence-corrected chi connectivity index (χ4v) is 2.11. The van der Waals surface area contributed by atoms with Gasteiger partial charge in [-0.1, -0.05) is 19.1 Å². The molecule has 0 aliphatic carbocycles. The minimum Gasteiger partial charge on any atom is -0.352 e. The van der Waals surface area contributed by atoms with Gasteiger partial charge in [-0.25, -0.2) is 0 Å². The van der Waals surface area contributed by atoms with Crippen LogP contribution in [0.15, 0.2) is 18.2 Å². The first-order valence-corrected chi connectivity index (χ1v) is 6.98. The van der Waals surface area contributed by atoms with Gasteiger partial charge in [-0.05, 0) is 60.7 Å². The van der Waals surface area contributed by atoms with Gasteiger partial charge < -0.3 is 10.6 Å². The van der Waals surface area contributed by atoms with Crippen LogP contribution in [0.5, 0.6) is 0 Å². The van der Waals surface area contributed by atoms with Crippen LogP contribution in [0.4, 0.5) is 0 Å². The molecule has 0 radical (unpaired) electrons. The van der Waals surface area contributed by atoms with Crippen molar-refractivity contribution in [2.75, 3.05) is 19.6 Å². The van der Waals surface area contributed by atoms with Crippen LogP contribution >= 0.6 is 22.6 Å². The molecule has 3 nitrogen and oxygen atoms in total. The molecule has 0 bridgehead atoms. The van der Waals surface area contributed by atoms with Gasteiger partial charge in [0.15, 0.2) is 0 Å². The number of nitrogens with one attached hydrogen (secondary N) is 2. The van der Waals surface area contributed by atoms with Gasteiger partial charge in [-0.15, -0.1) is 0 Å². The van der Waals surface area contributed by atoms with E-state index in [4.69, 9.17) is 0 Å². The van der Waals surface area contributed by atoms with E-state index in [2.05, 4.69) is 40.1 Å². The van der Waals surface area contributed by atoms with E-state index in [-0.39, 0.29) is 5.91 Å². The van der Waals surface area contributed by atoms with Gasteiger partial charge in [0.25, 0.3) is 5.91 Å². The molecule has 0 saturated heterocycles. The number of amides is 1. The molecule has 0 aromatic heterocycles. The van der Waals surface area contributed by atoms with Crippen molar-refractivity contribution in [1.82, 2.24) is 10.6 Å². The van der Waals surface area contributed by atoms with Gasteiger partial charge in [0.1, 0.15) is 0 Å². The van der Waals surface area contributed by atoms with Crippen molar-refractivity contribution in [2.24, 2.45) is 0 Å². The molecule has 1 amide bonds. The smallest absolute Gasteiger partial charge is 0.252 e. The van der Waals surface area contributed by atoms with Crippen LogP contribution in [-0.2, 0) is 0 Å². The molecule has 0 atom stereocenters. The van der Waals surface area contributed by atoms with Crippen molar-refractivity contribution < 1.29 is 4.79 Å². The highest BCUT2D eigenvalue weighted by Crippen LogP contribution is 2.16. The minimum absolute atomic E-state index is 0.0228. The van der Waals surface area contributed by atoms with Crippen LogP contribution in [0.25, 0.3) is 0 Å². The van der Waals surface area contributed by atoms with Crippen LogP contribution in [0.2, 0.25) is 0 Å². The fraction of sp³-hybridized carbons (Fsp3) is 0.462. The van der Waals surface area contributed by atoms with Gasteiger partial charge >= 0.3 is 0 Å². The number of carbonyl (C=O) groups is 1. The van der Waals surface area contributed by atoms with Crippen LogP contribution in [0.3, 0.4) is 0 Å². The number of aryl methyl sites for hydroxylation is 1. The summed E-state index contributed by atoms with van der Waals surface area (Å²) in [5.41, 5.74) is 1.92.